The molecule has 0 aromatic heterocycles. The first-order chi connectivity index (χ1) is 39.5. The molecule has 0 aromatic carbocycles. The van der Waals surface area contributed by atoms with E-state index in [1.165, 1.54) is 340 Å². The van der Waals surface area contributed by atoms with Crippen LogP contribution in [0.5, 0.6) is 0 Å². The molecule has 0 bridgehead atoms. The Morgan fingerprint density at radius 1 is 0.370 bits per heavy atom. The summed E-state index contributed by atoms with van der Waals surface area (Å²) in [5.74, 6) is -0.132. The Balaban J connectivity index is 3.95. The minimum atomic E-state index is -4.33. The molecule has 8 nitrogen and oxygen atoms in total. The highest BCUT2D eigenvalue weighted by molar-refractivity contribution is 7.47. The van der Waals surface area contributed by atoms with Gasteiger partial charge in [0.15, 0.2) is 0 Å². The maximum atomic E-state index is 13.1. The van der Waals surface area contributed by atoms with E-state index >= 15 is 0 Å². The van der Waals surface area contributed by atoms with Crippen molar-refractivity contribution < 1.29 is 32.9 Å². The van der Waals surface area contributed by atoms with Crippen LogP contribution in [0.3, 0.4) is 0 Å². The average molecular weight is 1170 g/mol. The minimum Gasteiger partial charge on any atom is -0.391 e. The molecule has 0 aromatic rings. The second kappa shape index (κ2) is 64.0. The number of quaternary nitrogens is 1. The predicted molar refractivity (Wildman–Crippen MR) is 356 cm³/mol. The number of hydrogen-bond donors (Lipinski definition) is 3. The van der Waals surface area contributed by atoms with Crippen LogP contribution in [0.25, 0.3) is 0 Å². The SMILES string of the molecule is CCCCCCCCCCCCCCCCCCCCCCCCCCCCCCCCCCC(O)C(COP(=O)(O)OCC[N+](C)(C)C)NC(=O)CCCCCCCCCCCCCCCCCCCCCCCCCCCCC. The van der Waals surface area contributed by atoms with Crippen LogP contribution >= 0.6 is 7.82 Å². The molecule has 3 unspecified atom stereocenters. The highest BCUT2D eigenvalue weighted by Crippen LogP contribution is 2.43. The van der Waals surface area contributed by atoms with Crippen molar-refractivity contribution in [2.75, 3.05) is 40.9 Å². The van der Waals surface area contributed by atoms with Gasteiger partial charge in [-0.2, -0.15) is 0 Å². The van der Waals surface area contributed by atoms with Gasteiger partial charge in [0.25, 0.3) is 0 Å². The van der Waals surface area contributed by atoms with Gasteiger partial charge in [0.05, 0.1) is 39.9 Å². The number of hydrogen-bond acceptors (Lipinski definition) is 5. The number of nitrogens with zero attached hydrogens (tertiary/aromatic N) is 1. The van der Waals surface area contributed by atoms with Crippen molar-refractivity contribution in [2.45, 2.75) is 418 Å². The van der Waals surface area contributed by atoms with Gasteiger partial charge in [-0.25, -0.2) is 4.57 Å². The van der Waals surface area contributed by atoms with E-state index in [-0.39, 0.29) is 19.1 Å². The number of amides is 1. The highest BCUT2D eigenvalue weighted by atomic mass is 31.2. The number of phosphoric ester groups is 1. The number of nitrogens with one attached hydrogen (secondary N) is 1. The summed E-state index contributed by atoms with van der Waals surface area (Å²) in [6, 6.07) is -0.757. The predicted octanol–water partition coefficient (Wildman–Crippen LogP) is 23.5. The fourth-order valence-electron chi connectivity index (χ4n) is 11.9. The molecule has 486 valence electrons. The number of aliphatic hydroxyl groups excluding tert-OH is 1. The summed E-state index contributed by atoms with van der Waals surface area (Å²) in [5.41, 5.74) is 0. The van der Waals surface area contributed by atoms with Gasteiger partial charge in [0.1, 0.15) is 13.2 Å². The van der Waals surface area contributed by atoms with Crippen LogP contribution < -0.4 is 5.32 Å². The van der Waals surface area contributed by atoms with Crippen molar-refractivity contribution in [3.8, 4) is 0 Å². The van der Waals surface area contributed by atoms with E-state index in [2.05, 4.69) is 19.2 Å². The van der Waals surface area contributed by atoms with Gasteiger partial charge >= 0.3 is 7.82 Å². The van der Waals surface area contributed by atoms with Crippen LogP contribution in [-0.2, 0) is 18.4 Å². The quantitative estimate of drug-likeness (QED) is 0.0318. The Morgan fingerprint density at radius 2 is 0.593 bits per heavy atom. The van der Waals surface area contributed by atoms with E-state index in [9.17, 15) is 19.4 Å². The van der Waals surface area contributed by atoms with E-state index < -0.39 is 20.0 Å². The lowest BCUT2D eigenvalue weighted by molar-refractivity contribution is -0.870. The zero-order valence-electron chi connectivity index (χ0n) is 55.8. The topological polar surface area (TPSA) is 105 Å². The second-order valence-electron chi connectivity index (χ2n) is 27.0. The molecule has 9 heteroatoms. The molecule has 0 saturated carbocycles. The van der Waals surface area contributed by atoms with Crippen LogP contribution in [0.2, 0.25) is 0 Å². The third kappa shape index (κ3) is 66.9. The summed E-state index contributed by atoms with van der Waals surface area (Å²) in [6.45, 7) is 4.97. The molecule has 1 amide bonds. The number of phosphoric acid groups is 1. The summed E-state index contributed by atoms with van der Waals surface area (Å²) in [7, 11) is 1.64. The maximum absolute atomic E-state index is 13.1. The molecule has 0 aliphatic rings. The second-order valence-corrected chi connectivity index (χ2v) is 28.5. The van der Waals surface area contributed by atoms with Crippen LogP contribution in [-0.4, -0.2) is 73.4 Å². The molecule has 3 atom stereocenters. The van der Waals surface area contributed by atoms with Gasteiger partial charge in [-0.1, -0.05) is 386 Å². The van der Waals surface area contributed by atoms with Gasteiger partial charge in [0, 0.05) is 6.42 Å². The van der Waals surface area contributed by atoms with Gasteiger partial charge in [0.2, 0.25) is 5.91 Å². The first kappa shape index (κ1) is 80.5. The lowest BCUT2D eigenvalue weighted by atomic mass is 10.0. The fourth-order valence-corrected chi connectivity index (χ4v) is 12.6. The molecule has 0 heterocycles. The molecule has 0 aliphatic carbocycles. The molecule has 3 N–H and O–H groups in total. The van der Waals surface area contributed by atoms with E-state index in [4.69, 9.17) is 9.05 Å². The summed E-state index contributed by atoms with van der Waals surface area (Å²) >= 11 is 0. The fraction of sp³-hybridized carbons (Fsp3) is 0.986. The van der Waals surface area contributed by atoms with Gasteiger partial charge in [-0.05, 0) is 12.8 Å². The summed E-state index contributed by atoms with van der Waals surface area (Å²) < 4.78 is 23.9. The third-order valence-corrected chi connectivity index (χ3v) is 18.6. The smallest absolute Gasteiger partial charge is 0.391 e. The Labute approximate surface area is 508 Å². The lowest BCUT2D eigenvalue weighted by Crippen LogP contribution is -2.46. The number of carbonyl (C=O) groups excluding carboxylic acids is 1. The van der Waals surface area contributed by atoms with E-state index in [1.807, 2.05) is 21.1 Å². The zero-order valence-corrected chi connectivity index (χ0v) is 56.7. The van der Waals surface area contributed by atoms with E-state index in [0.717, 1.165) is 38.5 Å². The Kier molecular flexibility index (Phi) is 63.6. The number of unbranched alkanes of at least 4 members (excludes halogenated alkanes) is 57. The van der Waals surface area contributed by atoms with Crippen molar-refractivity contribution in [3.05, 3.63) is 0 Å². The van der Waals surface area contributed by atoms with Crippen molar-refractivity contribution in [2.24, 2.45) is 0 Å². The average Bonchev–Trinajstić information content (AvgIpc) is 3.43. The Bertz CT molecular complexity index is 1280. The number of carbonyl (C=O) groups is 1. The standard InChI is InChI=1S/C72H147N2O6P/c1-6-8-10-12-14-16-18-20-22-24-26-28-30-32-34-35-36-37-38-40-41-43-45-47-49-51-53-55-57-59-61-63-65-71(75)70(69-80-81(77,78)79-68-67-74(3,4)5)73-72(76)66-64-62-60-58-56-54-52-50-48-46-44-42-39-33-31-29-27-25-23-21-19-17-15-13-11-9-7-2/h70-71,75H,6-69H2,1-5H3,(H-,73,76,77,78)/p+1. The number of aliphatic hydroxyl groups is 1. The summed E-state index contributed by atoms with van der Waals surface area (Å²) in [6.07, 6.45) is 80.8. The van der Waals surface area contributed by atoms with Crippen LogP contribution in [0.15, 0.2) is 0 Å². The van der Waals surface area contributed by atoms with Crippen molar-refractivity contribution >= 4 is 13.7 Å². The van der Waals surface area contributed by atoms with Gasteiger partial charge in [-0.15, -0.1) is 0 Å². The lowest BCUT2D eigenvalue weighted by Gasteiger charge is -2.26. The van der Waals surface area contributed by atoms with E-state index in [1.54, 1.807) is 0 Å². The van der Waals surface area contributed by atoms with Crippen molar-refractivity contribution in [1.82, 2.24) is 5.32 Å². The molecule has 81 heavy (non-hydrogen) atoms. The highest BCUT2D eigenvalue weighted by Gasteiger charge is 2.28. The van der Waals surface area contributed by atoms with Gasteiger partial charge < -0.3 is 19.8 Å². The molecule has 0 spiro atoms. The van der Waals surface area contributed by atoms with Crippen LogP contribution in [0.1, 0.15) is 406 Å². The maximum Gasteiger partial charge on any atom is 0.472 e. The van der Waals surface area contributed by atoms with Gasteiger partial charge in [-0.3, -0.25) is 13.8 Å². The Morgan fingerprint density at radius 3 is 0.827 bits per heavy atom. The number of likely N-dealkylation sites (N-methyl/N-ethyl adjacent to an activating group) is 1. The molecule has 0 radical (unpaired) electrons. The largest absolute Gasteiger partial charge is 0.472 e. The zero-order chi connectivity index (χ0) is 59.1. The summed E-state index contributed by atoms with van der Waals surface area (Å²) in [4.78, 5) is 23.5. The van der Waals surface area contributed by atoms with Crippen molar-refractivity contribution in [1.29, 1.82) is 0 Å². The molecule has 0 rings (SSSR count). The molecular formula is C72H148N2O6P+. The molecule has 0 aliphatic heterocycles. The molecule has 0 saturated heterocycles. The van der Waals surface area contributed by atoms with Crippen molar-refractivity contribution in [3.63, 3.8) is 0 Å². The Hall–Kier alpha value is -0.500. The third-order valence-electron chi connectivity index (χ3n) is 17.6. The molecule has 0 fully saturated rings. The first-order valence-electron chi connectivity index (χ1n) is 36.9. The number of rotatable bonds is 70. The monoisotopic (exact) mass is 1170 g/mol. The van der Waals surface area contributed by atoms with Crippen LogP contribution in [0, 0.1) is 0 Å². The normalized spacial score (nSPS) is 13.5. The van der Waals surface area contributed by atoms with Crippen LogP contribution in [0.4, 0.5) is 0 Å². The summed E-state index contributed by atoms with van der Waals surface area (Å²) in [5, 5.41) is 14.2. The minimum absolute atomic E-state index is 0.0796. The molecular weight excluding hydrogens is 1020 g/mol. The first-order valence-corrected chi connectivity index (χ1v) is 38.4. The van der Waals surface area contributed by atoms with E-state index in [0.29, 0.717) is 23.9 Å².